The molecule has 0 aromatic heterocycles. The third-order valence-corrected chi connectivity index (χ3v) is 1.39. The lowest BCUT2D eigenvalue weighted by molar-refractivity contribution is 0.450. The van der Waals surface area contributed by atoms with E-state index in [0.717, 1.165) is 0 Å². The average Bonchev–Trinajstić information content (AvgIpc) is 1.88. The highest BCUT2D eigenvalue weighted by atomic mass is 32.1. The van der Waals surface area contributed by atoms with Crippen molar-refractivity contribution in [3.8, 4) is 11.5 Å². The Morgan fingerprint density at radius 1 is 1.30 bits per heavy atom. The van der Waals surface area contributed by atoms with Crippen LogP contribution < -0.4 is 0 Å². The van der Waals surface area contributed by atoms with Crippen LogP contribution in [0.15, 0.2) is 18.2 Å². The molecule has 0 aliphatic rings. The minimum atomic E-state index is 0.00926. The maximum absolute atomic E-state index is 9.03. The summed E-state index contributed by atoms with van der Waals surface area (Å²) in [5.74, 6) is 0.0492. The molecule has 1 rings (SSSR count). The molecule has 0 saturated heterocycles. The van der Waals surface area contributed by atoms with Crippen LogP contribution in [0.5, 0.6) is 11.5 Å². The summed E-state index contributed by atoms with van der Waals surface area (Å²) in [6, 6.07) is 4.27. The monoisotopic (exact) mass is 154 g/mol. The molecule has 0 fully saturated rings. The normalized spacial score (nSPS) is 9.20. The van der Waals surface area contributed by atoms with Gasteiger partial charge in [0.1, 0.15) is 11.5 Å². The number of phenolic OH excluding ortho intramolecular Hbond substituents is 2. The number of hydrogen-bond acceptors (Lipinski definition) is 3. The molecule has 3 heteroatoms. The van der Waals surface area contributed by atoms with Crippen LogP contribution >= 0.6 is 12.2 Å². The summed E-state index contributed by atoms with van der Waals surface area (Å²) in [6.45, 7) is 0. The summed E-state index contributed by atoms with van der Waals surface area (Å²) in [7, 11) is 0. The van der Waals surface area contributed by atoms with Crippen molar-refractivity contribution >= 4 is 17.6 Å². The van der Waals surface area contributed by atoms with Gasteiger partial charge in [-0.05, 0) is 12.1 Å². The van der Waals surface area contributed by atoms with E-state index in [-0.39, 0.29) is 11.5 Å². The van der Waals surface area contributed by atoms with Gasteiger partial charge in [-0.2, -0.15) is 0 Å². The van der Waals surface area contributed by atoms with E-state index in [1.165, 1.54) is 17.5 Å². The minimum absolute atomic E-state index is 0.00926. The molecule has 0 atom stereocenters. The Balaban J connectivity index is 3.19. The molecule has 2 N–H and O–H groups in total. The largest absolute Gasteiger partial charge is 0.508 e. The van der Waals surface area contributed by atoms with Gasteiger partial charge in [-0.3, -0.25) is 0 Å². The average molecular weight is 154 g/mol. The van der Waals surface area contributed by atoms with Crippen LogP contribution in [-0.2, 0) is 0 Å². The Morgan fingerprint density at radius 2 is 2.00 bits per heavy atom. The number of hydrogen-bond donors (Lipinski definition) is 2. The van der Waals surface area contributed by atoms with Gasteiger partial charge in [0.2, 0.25) is 0 Å². The topological polar surface area (TPSA) is 40.5 Å². The van der Waals surface area contributed by atoms with E-state index in [9.17, 15) is 0 Å². The lowest BCUT2D eigenvalue weighted by Gasteiger charge is -1.96. The maximum atomic E-state index is 9.03. The summed E-state index contributed by atoms with van der Waals surface area (Å²) >= 11 is 4.58. The quantitative estimate of drug-likeness (QED) is 0.601. The summed E-state index contributed by atoms with van der Waals surface area (Å²) < 4.78 is 0. The summed E-state index contributed by atoms with van der Waals surface area (Å²) in [6.07, 6.45) is 0. The predicted octanol–water partition coefficient (Wildman–Crippen LogP) is 1.45. The standard InChI is InChI=1S/C7H6O2S/c8-6-2-1-5(4-10)7(9)3-6/h1-4,8-9H. The van der Waals surface area contributed by atoms with Crippen molar-refractivity contribution in [1.82, 2.24) is 0 Å². The Morgan fingerprint density at radius 3 is 2.50 bits per heavy atom. The number of phenols is 2. The van der Waals surface area contributed by atoms with Crippen LogP contribution in [0.2, 0.25) is 0 Å². The SMILES string of the molecule is Oc1ccc(C=S)c(O)c1. The molecule has 0 amide bonds. The number of rotatable bonds is 1. The lowest BCUT2D eigenvalue weighted by Crippen LogP contribution is -1.77. The molecule has 0 spiro atoms. The van der Waals surface area contributed by atoms with Gasteiger partial charge in [-0.15, -0.1) is 0 Å². The molecule has 10 heavy (non-hydrogen) atoms. The highest BCUT2D eigenvalue weighted by Crippen LogP contribution is 2.20. The summed E-state index contributed by atoms with van der Waals surface area (Å²) in [5, 5.41) is 19.2. The molecule has 0 heterocycles. The van der Waals surface area contributed by atoms with E-state index >= 15 is 0 Å². The molecule has 0 unspecified atom stereocenters. The van der Waals surface area contributed by atoms with Crippen LogP contribution in [0.4, 0.5) is 0 Å². The fourth-order valence-corrected chi connectivity index (χ4v) is 0.831. The molecule has 52 valence electrons. The second-order valence-corrected chi connectivity index (χ2v) is 2.10. The first kappa shape index (κ1) is 7.02. The number of aromatic hydroxyl groups is 2. The summed E-state index contributed by atoms with van der Waals surface area (Å²) in [4.78, 5) is 0. The molecule has 0 aliphatic heterocycles. The first-order valence-electron chi connectivity index (χ1n) is 2.71. The van der Waals surface area contributed by atoms with Gasteiger partial charge in [0, 0.05) is 17.0 Å². The molecule has 0 bridgehead atoms. The highest BCUT2D eigenvalue weighted by Gasteiger charge is 1.96. The van der Waals surface area contributed by atoms with E-state index < -0.39 is 0 Å². The molecule has 0 radical (unpaired) electrons. The van der Waals surface area contributed by atoms with E-state index in [4.69, 9.17) is 10.2 Å². The molecule has 1 aromatic carbocycles. The van der Waals surface area contributed by atoms with E-state index in [2.05, 4.69) is 12.2 Å². The van der Waals surface area contributed by atoms with Crippen LogP contribution in [0.1, 0.15) is 5.56 Å². The Kier molecular flexibility index (Phi) is 1.87. The van der Waals surface area contributed by atoms with E-state index in [1.807, 2.05) is 0 Å². The van der Waals surface area contributed by atoms with E-state index in [0.29, 0.717) is 5.56 Å². The van der Waals surface area contributed by atoms with Crippen molar-refractivity contribution in [2.45, 2.75) is 0 Å². The zero-order valence-electron chi connectivity index (χ0n) is 5.11. The molecule has 2 nitrogen and oxygen atoms in total. The van der Waals surface area contributed by atoms with Crippen LogP contribution in [-0.4, -0.2) is 15.6 Å². The predicted molar refractivity (Wildman–Crippen MR) is 42.5 cm³/mol. The third-order valence-electron chi connectivity index (χ3n) is 1.14. The fraction of sp³-hybridized carbons (Fsp3) is 0. The summed E-state index contributed by atoms with van der Waals surface area (Å²) in [5.41, 5.74) is 0.549. The first-order chi connectivity index (χ1) is 4.74. The van der Waals surface area contributed by atoms with Crippen molar-refractivity contribution in [3.05, 3.63) is 23.8 Å². The van der Waals surface area contributed by atoms with Gasteiger partial charge in [0.25, 0.3) is 0 Å². The lowest BCUT2D eigenvalue weighted by atomic mass is 10.2. The van der Waals surface area contributed by atoms with Crippen LogP contribution in [0.25, 0.3) is 0 Å². The van der Waals surface area contributed by atoms with Gasteiger partial charge < -0.3 is 10.2 Å². The van der Waals surface area contributed by atoms with Crippen LogP contribution in [0, 0.1) is 0 Å². The molecular weight excluding hydrogens is 148 g/mol. The minimum Gasteiger partial charge on any atom is -0.508 e. The van der Waals surface area contributed by atoms with E-state index in [1.54, 1.807) is 6.07 Å². The highest BCUT2D eigenvalue weighted by molar-refractivity contribution is 7.79. The van der Waals surface area contributed by atoms with Gasteiger partial charge in [-0.1, -0.05) is 12.2 Å². The van der Waals surface area contributed by atoms with Crippen molar-refractivity contribution in [2.24, 2.45) is 0 Å². The van der Waals surface area contributed by atoms with Crippen molar-refractivity contribution in [3.63, 3.8) is 0 Å². The first-order valence-corrected chi connectivity index (χ1v) is 3.18. The fourth-order valence-electron chi connectivity index (χ4n) is 0.632. The van der Waals surface area contributed by atoms with Gasteiger partial charge >= 0.3 is 0 Å². The second kappa shape index (κ2) is 2.66. The Hall–Kier alpha value is -1.09. The van der Waals surface area contributed by atoms with Crippen molar-refractivity contribution in [1.29, 1.82) is 0 Å². The zero-order chi connectivity index (χ0) is 7.56. The van der Waals surface area contributed by atoms with Gasteiger partial charge in [0.05, 0.1) is 0 Å². The Labute approximate surface area is 63.7 Å². The second-order valence-electron chi connectivity index (χ2n) is 1.86. The van der Waals surface area contributed by atoms with Gasteiger partial charge in [0.15, 0.2) is 0 Å². The van der Waals surface area contributed by atoms with Crippen LogP contribution in [0.3, 0.4) is 0 Å². The van der Waals surface area contributed by atoms with Crippen molar-refractivity contribution in [2.75, 3.05) is 0 Å². The molecule has 0 aliphatic carbocycles. The smallest absolute Gasteiger partial charge is 0.127 e. The molecule has 1 aromatic rings. The third kappa shape index (κ3) is 1.25. The Bertz CT molecular complexity index is 258. The maximum Gasteiger partial charge on any atom is 0.127 e. The zero-order valence-corrected chi connectivity index (χ0v) is 5.93. The molecule has 0 saturated carbocycles. The van der Waals surface area contributed by atoms with Crippen molar-refractivity contribution < 1.29 is 10.2 Å². The number of benzene rings is 1. The molecular formula is C7H6O2S. The number of thiocarbonyl (C=S) groups is 1. The van der Waals surface area contributed by atoms with Gasteiger partial charge in [-0.25, -0.2) is 0 Å².